The summed E-state index contributed by atoms with van der Waals surface area (Å²) in [4.78, 5) is 23.1. The Labute approximate surface area is 95.5 Å². The van der Waals surface area contributed by atoms with Crippen molar-refractivity contribution in [1.29, 1.82) is 0 Å². The molecule has 0 aromatic carbocycles. The van der Waals surface area contributed by atoms with E-state index in [1.165, 1.54) is 7.11 Å². The number of esters is 2. The fourth-order valence-corrected chi connectivity index (χ4v) is 1.75. The molecule has 5 heteroatoms. The second-order valence-corrected chi connectivity index (χ2v) is 3.92. The molecule has 0 aliphatic carbocycles. The first-order valence-electron chi connectivity index (χ1n) is 5.65. The maximum atomic E-state index is 11.7. The third-order valence-electron chi connectivity index (χ3n) is 2.76. The number of methoxy groups -OCH3 is 1. The molecule has 0 aromatic heterocycles. The second kappa shape index (κ2) is 6.48. The zero-order valence-electron chi connectivity index (χ0n) is 9.82. The molecular formula is C11H19NO4. The molecule has 1 heterocycles. The maximum absolute atomic E-state index is 11.7. The monoisotopic (exact) mass is 229 g/mol. The molecule has 1 saturated heterocycles. The van der Waals surface area contributed by atoms with Crippen molar-refractivity contribution >= 4 is 11.9 Å². The minimum Gasteiger partial charge on any atom is -0.469 e. The number of hydrogen-bond donors (Lipinski definition) is 1. The zero-order valence-corrected chi connectivity index (χ0v) is 9.82. The van der Waals surface area contributed by atoms with E-state index in [0.717, 1.165) is 12.8 Å². The Morgan fingerprint density at radius 1 is 1.25 bits per heavy atom. The highest BCUT2D eigenvalue weighted by molar-refractivity contribution is 5.83. The van der Waals surface area contributed by atoms with Gasteiger partial charge in [-0.05, 0) is 6.42 Å². The van der Waals surface area contributed by atoms with Gasteiger partial charge in [-0.2, -0.15) is 0 Å². The van der Waals surface area contributed by atoms with Crippen molar-refractivity contribution in [1.82, 2.24) is 5.32 Å². The van der Waals surface area contributed by atoms with Crippen LogP contribution >= 0.6 is 0 Å². The van der Waals surface area contributed by atoms with Crippen LogP contribution in [0.2, 0.25) is 0 Å². The Balaban J connectivity index is 2.44. The summed E-state index contributed by atoms with van der Waals surface area (Å²) < 4.78 is 9.76. The number of carbonyl (C=O) groups is 2. The van der Waals surface area contributed by atoms with E-state index in [1.54, 1.807) is 0 Å². The van der Waals surface area contributed by atoms with E-state index >= 15 is 0 Å². The first kappa shape index (κ1) is 13.0. The molecular weight excluding hydrogens is 210 g/mol. The van der Waals surface area contributed by atoms with Gasteiger partial charge in [-0.25, -0.2) is 0 Å². The van der Waals surface area contributed by atoms with Gasteiger partial charge in [0.2, 0.25) is 0 Å². The summed E-state index contributed by atoms with van der Waals surface area (Å²) in [5.74, 6) is -1.44. The lowest BCUT2D eigenvalue weighted by Gasteiger charge is -2.15. The maximum Gasteiger partial charge on any atom is 0.311 e. The SMILES string of the molecule is CCCCOC(=O)[C@H]1CNC[C@@H]1C(=O)OC. The smallest absolute Gasteiger partial charge is 0.311 e. The molecule has 1 aliphatic rings. The first-order chi connectivity index (χ1) is 7.70. The Morgan fingerprint density at radius 2 is 1.88 bits per heavy atom. The van der Waals surface area contributed by atoms with Crippen molar-refractivity contribution in [2.45, 2.75) is 19.8 Å². The van der Waals surface area contributed by atoms with Gasteiger partial charge >= 0.3 is 11.9 Å². The molecule has 0 amide bonds. The van der Waals surface area contributed by atoms with Crippen molar-refractivity contribution < 1.29 is 19.1 Å². The molecule has 0 unspecified atom stereocenters. The van der Waals surface area contributed by atoms with Crippen molar-refractivity contribution in [3.8, 4) is 0 Å². The Bertz CT molecular complexity index is 254. The highest BCUT2D eigenvalue weighted by atomic mass is 16.5. The molecule has 1 aliphatic heterocycles. The standard InChI is InChI=1S/C11H19NO4/c1-3-4-5-16-11(14)9-7-12-6-8(9)10(13)15-2/h8-9,12H,3-7H2,1-2H3/t8-,9-/m0/s1. The molecule has 92 valence electrons. The third kappa shape index (κ3) is 3.20. The summed E-state index contributed by atoms with van der Waals surface area (Å²) in [7, 11) is 1.33. The van der Waals surface area contributed by atoms with Gasteiger partial charge in [0.15, 0.2) is 0 Å². The number of nitrogens with one attached hydrogen (secondary N) is 1. The van der Waals surface area contributed by atoms with Crippen LogP contribution in [0.5, 0.6) is 0 Å². The first-order valence-corrected chi connectivity index (χ1v) is 5.65. The van der Waals surface area contributed by atoms with Gasteiger partial charge in [0, 0.05) is 13.1 Å². The van der Waals surface area contributed by atoms with Gasteiger partial charge in [-0.3, -0.25) is 9.59 Å². The van der Waals surface area contributed by atoms with Crippen molar-refractivity contribution in [3.05, 3.63) is 0 Å². The van der Waals surface area contributed by atoms with Crippen LogP contribution in [0.4, 0.5) is 0 Å². The molecule has 1 N–H and O–H groups in total. The number of hydrogen-bond acceptors (Lipinski definition) is 5. The van der Waals surface area contributed by atoms with Crippen LogP contribution in [0.3, 0.4) is 0 Å². The van der Waals surface area contributed by atoms with Gasteiger partial charge in [0.1, 0.15) is 0 Å². The van der Waals surface area contributed by atoms with Crippen LogP contribution in [0, 0.1) is 11.8 Å². The Hall–Kier alpha value is -1.10. The lowest BCUT2D eigenvalue weighted by Crippen LogP contribution is -2.31. The Morgan fingerprint density at radius 3 is 2.44 bits per heavy atom. The zero-order chi connectivity index (χ0) is 12.0. The normalized spacial score (nSPS) is 24.1. The highest BCUT2D eigenvalue weighted by Crippen LogP contribution is 2.19. The lowest BCUT2D eigenvalue weighted by molar-refractivity contribution is -0.157. The Kier molecular flexibility index (Phi) is 5.25. The van der Waals surface area contributed by atoms with Crippen LogP contribution in [0.25, 0.3) is 0 Å². The molecule has 1 rings (SSSR count). The molecule has 0 saturated carbocycles. The quantitative estimate of drug-likeness (QED) is 0.544. The number of carbonyl (C=O) groups excluding carboxylic acids is 2. The summed E-state index contributed by atoms with van der Waals surface area (Å²) in [6.07, 6.45) is 1.84. The van der Waals surface area contributed by atoms with Gasteiger partial charge < -0.3 is 14.8 Å². The van der Waals surface area contributed by atoms with E-state index in [4.69, 9.17) is 4.74 Å². The van der Waals surface area contributed by atoms with E-state index in [2.05, 4.69) is 10.1 Å². The lowest BCUT2D eigenvalue weighted by atomic mass is 9.96. The fraction of sp³-hybridized carbons (Fsp3) is 0.818. The van der Waals surface area contributed by atoms with Gasteiger partial charge in [0.25, 0.3) is 0 Å². The third-order valence-corrected chi connectivity index (χ3v) is 2.76. The average molecular weight is 229 g/mol. The van der Waals surface area contributed by atoms with Gasteiger partial charge in [-0.15, -0.1) is 0 Å². The van der Waals surface area contributed by atoms with E-state index in [9.17, 15) is 9.59 Å². The molecule has 16 heavy (non-hydrogen) atoms. The van der Waals surface area contributed by atoms with Gasteiger partial charge in [0.05, 0.1) is 25.6 Å². The molecule has 0 bridgehead atoms. The van der Waals surface area contributed by atoms with Crippen molar-refractivity contribution in [2.24, 2.45) is 11.8 Å². The molecule has 0 radical (unpaired) electrons. The topological polar surface area (TPSA) is 64.6 Å². The van der Waals surface area contributed by atoms with Crippen LogP contribution in [0.15, 0.2) is 0 Å². The fourth-order valence-electron chi connectivity index (χ4n) is 1.75. The molecule has 0 spiro atoms. The molecule has 2 atom stereocenters. The van der Waals surface area contributed by atoms with E-state index in [-0.39, 0.29) is 11.9 Å². The number of unbranched alkanes of at least 4 members (excludes halogenated alkanes) is 1. The van der Waals surface area contributed by atoms with Crippen molar-refractivity contribution in [2.75, 3.05) is 26.8 Å². The van der Waals surface area contributed by atoms with E-state index in [1.807, 2.05) is 6.92 Å². The van der Waals surface area contributed by atoms with E-state index in [0.29, 0.717) is 19.7 Å². The summed E-state index contributed by atoms with van der Waals surface area (Å²) >= 11 is 0. The van der Waals surface area contributed by atoms with Crippen LogP contribution < -0.4 is 5.32 Å². The van der Waals surface area contributed by atoms with Crippen LogP contribution in [-0.4, -0.2) is 38.7 Å². The predicted octanol–water partition coefficient (Wildman–Crippen LogP) is 0.338. The summed E-state index contributed by atoms with van der Waals surface area (Å²) in [6.45, 7) is 3.44. The molecule has 0 aromatic rings. The van der Waals surface area contributed by atoms with E-state index < -0.39 is 11.8 Å². The highest BCUT2D eigenvalue weighted by Gasteiger charge is 2.39. The minimum absolute atomic E-state index is 0.297. The average Bonchev–Trinajstić information content (AvgIpc) is 2.77. The molecule has 5 nitrogen and oxygen atoms in total. The predicted molar refractivity (Wildman–Crippen MR) is 57.7 cm³/mol. The minimum atomic E-state index is -0.404. The number of rotatable bonds is 5. The van der Waals surface area contributed by atoms with Gasteiger partial charge in [-0.1, -0.05) is 13.3 Å². The summed E-state index contributed by atoms with van der Waals surface area (Å²) in [5, 5.41) is 3.01. The largest absolute Gasteiger partial charge is 0.469 e. The number of ether oxygens (including phenoxy) is 2. The van der Waals surface area contributed by atoms with Crippen LogP contribution in [0.1, 0.15) is 19.8 Å². The van der Waals surface area contributed by atoms with Crippen LogP contribution in [-0.2, 0) is 19.1 Å². The summed E-state index contributed by atoms with van der Waals surface area (Å²) in [5.41, 5.74) is 0. The molecule has 1 fully saturated rings. The van der Waals surface area contributed by atoms with Crippen molar-refractivity contribution in [3.63, 3.8) is 0 Å². The summed E-state index contributed by atoms with van der Waals surface area (Å²) in [6, 6.07) is 0. The second-order valence-electron chi connectivity index (χ2n) is 3.92.